The Morgan fingerprint density at radius 2 is 1.81 bits per heavy atom. The molecule has 0 radical (unpaired) electrons. The summed E-state index contributed by atoms with van der Waals surface area (Å²) >= 11 is 0. The van der Waals surface area contributed by atoms with Crippen molar-refractivity contribution in [3.8, 4) is 0 Å². The van der Waals surface area contributed by atoms with Gasteiger partial charge in [-0.1, -0.05) is 49.4 Å². The van der Waals surface area contributed by atoms with Crippen LogP contribution < -0.4 is 5.32 Å². The highest BCUT2D eigenvalue weighted by Crippen LogP contribution is 2.28. The van der Waals surface area contributed by atoms with Gasteiger partial charge in [0.1, 0.15) is 5.54 Å². The van der Waals surface area contributed by atoms with Crippen LogP contribution in [0.4, 0.5) is 0 Å². The number of nitrogens with one attached hydrogen (secondary N) is 1. The van der Waals surface area contributed by atoms with Gasteiger partial charge in [0.15, 0.2) is 0 Å². The van der Waals surface area contributed by atoms with Gasteiger partial charge in [-0.2, -0.15) is 0 Å². The topological polar surface area (TPSA) is 49.3 Å². The summed E-state index contributed by atoms with van der Waals surface area (Å²) < 4.78 is 0. The lowest BCUT2D eigenvalue weighted by molar-refractivity contribution is -0.145. The maximum Gasteiger partial charge on any atom is 0.328 e. The highest BCUT2D eigenvalue weighted by atomic mass is 16.4. The molecule has 0 aromatic heterocycles. The molecule has 3 heteroatoms. The zero-order valence-electron chi connectivity index (χ0n) is 13.4. The molecular weight excluding hydrogens is 262 g/mol. The number of aliphatic carboxylic acids is 1. The van der Waals surface area contributed by atoms with Crippen LogP contribution in [0.25, 0.3) is 0 Å². The van der Waals surface area contributed by atoms with E-state index in [1.807, 2.05) is 26.0 Å². The van der Waals surface area contributed by atoms with Crippen LogP contribution in [-0.2, 0) is 10.3 Å². The first-order valence-electron chi connectivity index (χ1n) is 8.02. The molecule has 116 valence electrons. The second-order valence-corrected chi connectivity index (χ2v) is 6.58. The minimum absolute atomic E-state index is 0.300. The summed E-state index contributed by atoms with van der Waals surface area (Å²) in [6.07, 6.45) is 7.08. The van der Waals surface area contributed by atoms with Crippen molar-refractivity contribution < 1.29 is 9.90 Å². The van der Waals surface area contributed by atoms with Gasteiger partial charge in [0, 0.05) is 6.04 Å². The number of carboxylic acids is 1. The Kier molecular flexibility index (Phi) is 5.04. The smallest absolute Gasteiger partial charge is 0.328 e. The molecule has 1 saturated carbocycles. The standard InChI is InChI=1S/C18H27NO2/c1-13-10-11-16(14(2)12-13)18(3,17(20)21)19-15-8-6-4-5-7-9-15/h10-12,15,19H,4-9H2,1-3H3,(H,20,21). The Hall–Kier alpha value is -1.35. The minimum atomic E-state index is -1.01. The van der Waals surface area contributed by atoms with Crippen molar-refractivity contribution in [2.24, 2.45) is 0 Å². The van der Waals surface area contributed by atoms with Gasteiger partial charge >= 0.3 is 5.97 Å². The first-order chi connectivity index (χ1) is 9.93. The quantitative estimate of drug-likeness (QED) is 0.826. The molecule has 2 rings (SSSR count). The van der Waals surface area contributed by atoms with E-state index in [9.17, 15) is 9.90 Å². The molecule has 0 bridgehead atoms. The molecule has 3 nitrogen and oxygen atoms in total. The molecule has 1 fully saturated rings. The van der Waals surface area contributed by atoms with E-state index in [0.717, 1.165) is 24.0 Å². The first-order valence-corrected chi connectivity index (χ1v) is 8.02. The normalized spacial score (nSPS) is 19.8. The van der Waals surface area contributed by atoms with E-state index in [4.69, 9.17) is 0 Å². The second kappa shape index (κ2) is 6.61. The molecule has 0 saturated heterocycles. The van der Waals surface area contributed by atoms with Crippen LogP contribution in [0, 0.1) is 13.8 Å². The van der Waals surface area contributed by atoms with Crippen molar-refractivity contribution in [1.82, 2.24) is 5.32 Å². The lowest BCUT2D eigenvalue weighted by Crippen LogP contribution is -2.51. The van der Waals surface area contributed by atoms with Gasteiger partial charge in [0.25, 0.3) is 0 Å². The maximum absolute atomic E-state index is 12.0. The fraction of sp³-hybridized carbons (Fsp3) is 0.611. The van der Waals surface area contributed by atoms with Gasteiger partial charge in [-0.25, -0.2) is 4.79 Å². The van der Waals surface area contributed by atoms with Gasteiger partial charge in [-0.15, -0.1) is 0 Å². The molecule has 1 aliphatic rings. The van der Waals surface area contributed by atoms with E-state index in [1.165, 1.54) is 31.2 Å². The van der Waals surface area contributed by atoms with E-state index >= 15 is 0 Å². The molecular formula is C18H27NO2. The molecule has 1 unspecified atom stereocenters. The predicted molar refractivity (Wildman–Crippen MR) is 85.5 cm³/mol. The van der Waals surface area contributed by atoms with Crippen molar-refractivity contribution in [1.29, 1.82) is 0 Å². The number of hydrogen-bond acceptors (Lipinski definition) is 2. The SMILES string of the molecule is Cc1ccc(C(C)(NC2CCCCCC2)C(=O)O)c(C)c1. The van der Waals surface area contributed by atoms with Crippen LogP contribution in [0.2, 0.25) is 0 Å². The van der Waals surface area contributed by atoms with Crippen molar-refractivity contribution in [2.45, 2.75) is 70.9 Å². The number of aryl methyl sites for hydroxylation is 2. The molecule has 1 aromatic rings. The fourth-order valence-electron chi connectivity index (χ4n) is 3.46. The largest absolute Gasteiger partial charge is 0.480 e. The third-order valence-corrected chi connectivity index (χ3v) is 4.70. The number of rotatable bonds is 4. The second-order valence-electron chi connectivity index (χ2n) is 6.58. The average Bonchev–Trinajstić information content (AvgIpc) is 2.66. The highest BCUT2D eigenvalue weighted by Gasteiger charge is 2.38. The first kappa shape index (κ1) is 16.0. The molecule has 0 aliphatic heterocycles. The van der Waals surface area contributed by atoms with Gasteiger partial charge in [0.2, 0.25) is 0 Å². The molecule has 0 heterocycles. The van der Waals surface area contributed by atoms with Crippen molar-refractivity contribution in [3.63, 3.8) is 0 Å². The third-order valence-electron chi connectivity index (χ3n) is 4.70. The van der Waals surface area contributed by atoms with Crippen molar-refractivity contribution in [3.05, 3.63) is 34.9 Å². The van der Waals surface area contributed by atoms with E-state index in [1.54, 1.807) is 6.92 Å². The van der Waals surface area contributed by atoms with Gasteiger partial charge < -0.3 is 5.11 Å². The van der Waals surface area contributed by atoms with E-state index in [2.05, 4.69) is 11.4 Å². The number of hydrogen-bond donors (Lipinski definition) is 2. The van der Waals surface area contributed by atoms with Crippen LogP contribution in [0.15, 0.2) is 18.2 Å². The molecule has 1 aliphatic carbocycles. The van der Waals surface area contributed by atoms with E-state index < -0.39 is 11.5 Å². The fourth-order valence-corrected chi connectivity index (χ4v) is 3.46. The van der Waals surface area contributed by atoms with Crippen LogP contribution >= 0.6 is 0 Å². The van der Waals surface area contributed by atoms with Crippen LogP contribution in [0.1, 0.15) is 62.1 Å². The third kappa shape index (κ3) is 3.65. The Morgan fingerprint density at radius 3 is 2.33 bits per heavy atom. The highest BCUT2D eigenvalue weighted by molar-refractivity contribution is 5.81. The lowest BCUT2D eigenvalue weighted by Gasteiger charge is -2.33. The number of carboxylic acid groups (broad SMARTS) is 1. The lowest BCUT2D eigenvalue weighted by atomic mass is 9.86. The molecule has 2 N–H and O–H groups in total. The summed E-state index contributed by atoms with van der Waals surface area (Å²) in [5.74, 6) is -0.793. The molecule has 1 atom stereocenters. The van der Waals surface area contributed by atoms with Crippen LogP contribution in [-0.4, -0.2) is 17.1 Å². The Labute approximate surface area is 127 Å². The van der Waals surface area contributed by atoms with Crippen LogP contribution in [0.5, 0.6) is 0 Å². The minimum Gasteiger partial charge on any atom is -0.480 e. The van der Waals surface area contributed by atoms with Crippen molar-refractivity contribution >= 4 is 5.97 Å². The summed E-state index contributed by atoms with van der Waals surface area (Å²) in [5.41, 5.74) is 2.08. The summed E-state index contributed by atoms with van der Waals surface area (Å²) in [6, 6.07) is 6.32. The number of benzene rings is 1. The molecule has 0 amide bonds. The number of carbonyl (C=O) groups is 1. The van der Waals surface area contributed by atoms with Crippen LogP contribution in [0.3, 0.4) is 0 Å². The summed E-state index contributed by atoms with van der Waals surface area (Å²) in [7, 11) is 0. The molecule has 0 spiro atoms. The summed E-state index contributed by atoms with van der Waals surface area (Å²) in [4.78, 5) is 12.0. The van der Waals surface area contributed by atoms with Gasteiger partial charge in [-0.05, 0) is 44.7 Å². The zero-order valence-corrected chi connectivity index (χ0v) is 13.4. The van der Waals surface area contributed by atoms with Crippen molar-refractivity contribution in [2.75, 3.05) is 0 Å². The summed E-state index contributed by atoms with van der Waals surface area (Å²) in [6.45, 7) is 5.84. The summed E-state index contributed by atoms with van der Waals surface area (Å²) in [5, 5.41) is 13.3. The monoisotopic (exact) mass is 289 g/mol. The molecule has 1 aromatic carbocycles. The van der Waals surface area contributed by atoms with Gasteiger partial charge in [-0.3, -0.25) is 5.32 Å². The maximum atomic E-state index is 12.0. The van der Waals surface area contributed by atoms with E-state index in [0.29, 0.717) is 6.04 Å². The molecule has 21 heavy (non-hydrogen) atoms. The Bertz CT molecular complexity index is 504. The van der Waals surface area contributed by atoms with Gasteiger partial charge in [0.05, 0.1) is 0 Å². The zero-order chi connectivity index (χ0) is 15.5. The Balaban J connectivity index is 2.28. The van der Waals surface area contributed by atoms with E-state index in [-0.39, 0.29) is 0 Å². The predicted octanol–water partition coefficient (Wildman–Crippen LogP) is 3.92. The average molecular weight is 289 g/mol. The Morgan fingerprint density at radius 1 is 1.19 bits per heavy atom.